The summed E-state index contributed by atoms with van der Waals surface area (Å²) in [6.45, 7) is 1.86. The van der Waals surface area contributed by atoms with Gasteiger partial charge in [0.15, 0.2) is 0 Å². The zero-order valence-corrected chi connectivity index (χ0v) is 8.18. The molecule has 5 heteroatoms. The predicted molar refractivity (Wildman–Crippen MR) is 55.2 cm³/mol. The van der Waals surface area contributed by atoms with E-state index in [-0.39, 0.29) is 0 Å². The first-order chi connectivity index (χ1) is 7.24. The molecule has 0 fully saturated rings. The maximum Gasteiger partial charge on any atom is 0.145 e. The van der Waals surface area contributed by atoms with E-state index in [1.165, 1.54) is 10.9 Å². The predicted octanol–water partition coefficient (Wildman–Crippen LogP) is 1.03. The molecule has 0 unspecified atom stereocenters. The van der Waals surface area contributed by atoms with E-state index in [0.29, 0.717) is 11.4 Å². The van der Waals surface area contributed by atoms with Gasteiger partial charge in [-0.1, -0.05) is 0 Å². The summed E-state index contributed by atoms with van der Waals surface area (Å²) in [5.41, 5.74) is 7.74. The molecular formula is C10H9N5. The summed E-state index contributed by atoms with van der Waals surface area (Å²) in [6, 6.07) is 5.63. The van der Waals surface area contributed by atoms with Gasteiger partial charge in [0.2, 0.25) is 0 Å². The second kappa shape index (κ2) is 3.42. The number of nitriles is 1. The van der Waals surface area contributed by atoms with Gasteiger partial charge in [0, 0.05) is 6.20 Å². The molecule has 0 atom stereocenters. The van der Waals surface area contributed by atoms with Crippen molar-refractivity contribution in [3.8, 4) is 11.8 Å². The van der Waals surface area contributed by atoms with Crippen molar-refractivity contribution in [1.82, 2.24) is 14.8 Å². The monoisotopic (exact) mass is 199 g/mol. The summed E-state index contributed by atoms with van der Waals surface area (Å²) in [6.07, 6.45) is 3.14. The molecule has 0 aliphatic rings. The highest BCUT2D eigenvalue weighted by atomic mass is 15.3. The van der Waals surface area contributed by atoms with Crippen LogP contribution in [0.4, 0.5) is 5.82 Å². The Balaban J connectivity index is 2.61. The SMILES string of the molecule is Cc1ncccc1-n1ncc(C#N)c1N. The number of rotatable bonds is 1. The maximum absolute atomic E-state index is 8.75. The Bertz CT molecular complexity index is 535. The molecule has 2 rings (SSSR count). The Labute approximate surface area is 86.8 Å². The number of hydrogen-bond donors (Lipinski definition) is 1. The quantitative estimate of drug-likeness (QED) is 0.743. The van der Waals surface area contributed by atoms with Crippen LogP contribution in [0.5, 0.6) is 0 Å². The highest BCUT2D eigenvalue weighted by Crippen LogP contribution is 2.17. The molecule has 0 aliphatic heterocycles. The third-order valence-electron chi connectivity index (χ3n) is 2.13. The summed E-state index contributed by atoms with van der Waals surface area (Å²) in [4.78, 5) is 4.13. The Kier molecular flexibility index (Phi) is 2.10. The fourth-order valence-electron chi connectivity index (χ4n) is 1.34. The van der Waals surface area contributed by atoms with Gasteiger partial charge >= 0.3 is 0 Å². The van der Waals surface area contributed by atoms with E-state index in [4.69, 9.17) is 11.0 Å². The van der Waals surface area contributed by atoms with Crippen LogP contribution in [0.1, 0.15) is 11.3 Å². The number of anilines is 1. The van der Waals surface area contributed by atoms with Crippen molar-refractivity contribution in [2.24, 2.45) is 0 Å². The van der Waals surface area contributed by atoms with Gasteiger partial charge in [0.05, 0.1) is 17.6 Å². The first kappa shape index (κ1) is 9.21. The number of aryl methyl sites for hydroxylation is 1. The molecule has 2 N–H and O–H groups in total. The van der Waals surface area contributed by atoms with E-state index in [2.05, 4.69) is 10.1 Å². The summed E-state index contributed by atoms with van der Waals surface area (Å²) in [5.74, 6) is 0.341. The second-order valence-corrected chi connectivity index (χ2v) is 3.08. The first-order valence-electron chi connectivity index (χ1n) is 4.39. The number of pyridine rings is 1. The van der Waals surface area contributed by atoms with Crippen molar-refractivity contribution in [3.05, 3.63) is 35.8 Å². The lowest BCUT2D eigenvalue weighted by atomic mass is 10.3. The third kappa shape index (κ3) is 1.42. The fourth-order valence-corrected chi connectivity index (χ4v) is 1.34. The minimum absolute atomic E-state index is 0.341. The van der Waals surface area contributed by atoms with E-state index in [1.807, 2.05) is 19.1 Å². The van der Waals surface area contributed by atoms with E-state index < -0.39 is 0 Å². The summed E-state index contributed by atoms with van der Waals surface area (Å²) >= 11 is 0. The van der Waals surface area contributed by atoms with Crippen molar-refractivity contribution >= 4 is 5.82 Å². The highest BCUT2D eigenvalue weighted by Gasteiger charge is 2.09. The molecule has 0 saturated heterocycles. The van der Waals surface area contributed by atoms with Crippen LogP contribution in [-0.4, -0.2) is 14.8 Å². The van der Waals surface area contributed by atoms with Gasteiger partial charge in [-0.3, -0.25) is 4.98 Å². The van der Waals surface area contributed by atoms with Gasteiger partial charge in [-0.05, 0) is 19.1 Å². The number of aromatic nitrogens is 3. The number of nitrogens with zero attached hydrogens (tertiary/aromatic N) is 4. The van der Waals surface area contributed by atoms with E-state index in [0.717, 1.165) is 11.4 Å². The van der Waals surface area contributed by atoms with Gasteiger partial charge in [-0.15, -0.1) is 0 Å². The molecule has 0 aliphatic carbocycles. The van der Waals surface area contributed by atoms with Crippen molar-refractivity contribution in [1.29, 1.82) is 5.26 Å². The van der Waals surface area contributed by atoms with Gasteiger partial charge in [0.1, 0.15) is 17.5 Å². The van der Waals surface area contributed by atoms with Gasteiger partial charge in [-0.2, -0.15) is 10.4 Å². The van der Waals surface area contributed by atoms with Crippen molar-refractivity contribution in [2.45, 2.75) is 6.92 Å². The summed E-state index contributed by atoms with van der Waals surface area (Å²) in [5, 5.41) is 12.8. The van der Waals surface area contributed by atoms with Crippen LogP contribution in [0.2, 0.25) is 0 Å². The molecule has 0 aromatic carbocycles. The Hall–Kier alpha value is -2.35. The largest absolute Gasteiger partial charge is 0.382 e. The van der Waals surface area contributed by atoms with E-state index in [1.54, 1.807) is 12.3 Å². The lowest BCUT2D eigenvalue weighted by molar-refractivity contribution is 0.872. The standard InChI is InChI=1S/C10H9N5/c1-7-9(3-2-4-13-7)15-10(12)8(5-11)6-14-15/h2-4,6H,12H2,1H3. The molecule has 0 bridgehead atoms. The third-order valence-corrected chi connectivity index (χ3v) is 2.13. The average Bonchev–Trinajstić information content (AvgIpc) is 2.60. The highest BCUT2D eigenvalue weighted by molar-refractivity contribution is 5.53. The van der Waals surface area contributed by atoms with Crippen LogP contribution in [0.25, 0.3) is 5.69 Å². The van der Waals surface area contributed by atoms with Crippen molar-refractivity contribution < 1.29 is 0 Å². The lowest BCUT2D eigenvalue weighted by Gasteiger charge is -2.05. The minimum Gasteiger partial charge on any atom is -0.382 e. The molecule has 5 nitrogen and oxygen atoms in total. The smallest absolute Gasteiger partial charge is 0.145 e. The molecule has 15 heavy (non-hydrogen) atoms. The molecule has 0 saturated carbocycles. The first-order valence-corrected chi connectivity index (χ1v) is 4.39. The molecule has 2 aromatic rings. The van der Waals surface area contributed by atoms with Crippen LogP contribution >= 0.6 is 0 Å². The molecule has 2 heterocycles. The number of nitrogens with two attached hydrogens (primary N) is 1. The normalized spacial score (nSPS) is 9.87. The maximum atomic E-state index is 8.75. The van der Waals surface area contributed by atoms with Crippen molar-refractivity contribution in [2.75, 3.05) is 5.73 Å². The molecule has 0 amide bonds. The Morgan fingerprint density at radius 3 is 2.93 bits per heavy atom. The van der Waals surface area contributed by atoms with Crippen molar-refractivity contribution in [3.63, 3.8) is 0 Å². The van der Waals surface area contributed by atoms with Crippen LogP contribution in [0.15, 0.2) is 24.5 Å². The lowest BCUT2D eigenvalue weighted by Crippen LogP contribution is -2.04. The summed E-state index contributed by atoms with van der Waals surface area (Å²) in [7, 11) is 0. The zero-order valence-electron chi connectivity index (χ0n) is 8.18. The average molecular weight is 199 g/mol. The molecule has 2 aromatic heterocycles. The van der Waals surface area contributed by atoms with Gasteiger partial charge in [-0.25, -0.2) is 4.68 Å². The molecule has 74 valence electrons. The van der Waals surface area contributed by atoms with Crippen LogP contribution < -0.4 is 5.73 Å². The van der Waals surface area contributed by atoms with Crippen LogP contribution in [-0.2, 0) is 0 Å². The Morgan fingerprint density at radius 2 is 2.33 bits per heavy atom. The van der Waals surface area contributed by atoms with E-state index in [9.17, 15) is 0 Å². The number of hydrogen-bond acceptors (Lipinski definition) is 4. The molecule has 0 spiro atoms. The minimum atomic E-state index is 0.341. The number of nitrogen functional groups attached to an aromatic ring is 1. The molecular weight excluding hydrogens is 190 g/mol. The fraction of sp³-hybridized carbons (Fsp3) is 0.100. The van der Waals surface area contributed by atoms with Crippen LogP contribution in [0.3, 0.4) is 0 Å². The topological polar surface area (TPSA) is 80.5 Å². The zero-order chi connectivity index (χ0) is 10.8. The Morgan fingerprint density at radius 1 is 1.53 bits per heavy atom. The van der Waals surface area contributed by atoms with E-state index >= 15 is 0 Å². The van der Waals surface area contributed by atoms with Crippen LogP contribution in [0, 0.1) is 18.3 Å². The van der Waals surface area contributed by atoms with Gasteiger partial charge in [0.25, 0.3) is 0 Å². The second-order valence-electron chi connectivity index (χ2n) is 3.08. The molecule has 0 radical (unpaired) electrons. The van der Waals surface area contributed by atoms with Gasteiger partial charge < -0.3 is 5.73 Å². The summed E-state index contributed by atoms with van der Waals surface area (Å²) < 4.78 is 1.51.